The van der Waals surface area contributed by atoms with Crippen LogP contribution in [0, 0.1) is 0 Å². The van der Waals surface area contributed by atoms with Gasteiger partial charge in [0, 0.05) is 12.2 Å². The van der Waals surface area contributed by atoms with Crippen molar-refractivity contribution >= 4 is 11.7 Å². The van der Waals surface area contributed by atoms with Crippen LogP contribution in [-0.4, -0.2) is 19.1 Å². The third kappa shape index (κ3) is 11.9. The van der Waals surface area contributed by atoms with Gasteiger partial charge in [-0.3, -0.25) is 4.79 Å². The zero-order chi connectivity index (χ0) is 18.9. The monoisotopic (exact) mass is 361 g/mol. The number of anilines is 1. The normalized spacial score (nSPS) is 10.7. The SMILES string of the molecule is CCCCCCCCCCCCc1ccc(NCCC(=O)OCC)cc1. The van der Waals surface area contributed by atoms with Crippen molar-refractivity contribution < 1.29 is 9.53 Å². The van der Waals surface area contributed by atoms with E-state index in [9.17, 15) is 4.79 Å². The third-order valence-corrected chi connectivity index (χ3v) is 4.74. The van der Waals surface area contributed by atoms with E-state index in [1.54, 1.807) is 0 Å². The van der Waals surface area contributed by atoms with Crippen LogP contribution in [0.5, 0.6) is 0 Å². The molecule has 1 rings (SSSR count). The zero-order valence-corrected chi connectivity index (χ0v) is 17.0. The van der Waals surface area contributed by atoms with Gasteiger partial charge in [0.25, 0.3) is 0 Å². The van der Waals surface area contributed by atoms with Crippen molar-refractivity contribution in [3.63, 3.8) is 0 Å². The number of unbranched alkanes of at least 4 members (excludes halogenated alkanes) is 9. The summed E-state index contributed by atoms with van der Waals surface area (Å²) in [6, 6.07) is 8.61. The van der Waals surface area contributed by atoms with E-state index in [1.807, 2.05) is 6.92 Å². The number of esters is 1. The molecule has 1 aromatic rings. The van der Waals surface area contributed by atoms with Gasteiger partial charge in [-0.25, -0.2) is 0 Å². The van der Waals surface area contributed by atoms with E-state index in [1.165, 1.54) is 76.2 Å². The number of ether oxygens (including phenoxy) is 1. The number of hydrogen-bond donors (Lipinski definition) is 1. The van der Waals surface area contributed by atoms with Gasteiger partial charge >= 0.3 is 5.97 Å². The second kappa shape index (κ2) is 15.7. The van der Waals surface area contributed by atoms with Gasteiger partial charge in [0.2, 0.25) is 0 Å². The second-order valence-corrected chi connectivity index (χ2v) is 7.11. The molecule has 0 spiro atoms. The van der Waals surface area contributed by atoms with Crippen molar-refractivity contribution in [3.8, 4) is 0 Å². The van der Waals surface area contributed by atoms with Gasteiger partial charge in [-0.2, -0.15) is 0 Å². The molecule has 0 saturated heterocycles. The Kier molecular flexibility index (Phi) is 13.6. The fraction of sp³-hybridized carbons (Fsp3) is 0.696. The van der Waals surface area contributed by atoms with Crippen molar-refractivity contribution in [1.82, 2.24) is 0 Å². The van der Waals surface area contributed by atoms with Gasteiger partial charge in [-0.05, 0) is 37.5 Å². The standard InChI is InChI=1S/C23H39NO2/c1-3-5-6-7-8-9-10-11-12-13-14-21-15-17-22(18-16-21)24-20-19-23(25)26-4-2/h15-18,24H,3-14,19-20H2,1-2H3. The maximum absolute atomic E-state index is 11.3. The van der Waals surface area contributed by atoms with E-state index >= 15 is 0 Å². The number of benzene rings is 1. The molecule has 148 valence electrons. The van der Waals surface area contributed by atoms with Crippen LogP contribution in [-0.2, 0) is 16.0 Å². The minimum absolute atomic E-state index is 0.141. The first-order valence-electron chi connectivity index (χ1n) is 10.7. The van der Waals surface area contributed by atoms with Crippen molar-refractivity contribution in [2.45, 2.75) is 90.9 Å². The van der Waals surface area contributed by atoms with Crippen LogP contribution >= 0.6 is 0 Å². The van der Waals surface area contributed by atoms with Crippen LogP contribution in [0.15, 0.2) is 24.3 Å². The molecule has 0 saturated carbocycles. The minimum Gasteiger partial charge on any atom is -0.466 e. The smallest absolute Gasteiger partial charge is 0.307 e. The summed E-state index contributed by atoms with van der Waals surface area (Å²) in [6.07, 6.45) is 15.4. The Morgan fingerprint density at radius 1 is 0.846 bits per heavy atom. The van der Waals surface area contributed by atoms with Crippen molar-refractivity contribution in [2.75, 3.05) is 18.5 Å². The molecular weight excluding hydrogens is 322 g/mol. The van der Waals surface area contributed by atoms with Gasteiger partial charge in [0.15, 0.2) is 0 Å². The summed E-state index contributed by atoms with van der Waals surface area (Å²) in [6.45, 7) is 5.18. The number of rotatable bonds is 16. The molecule has 0 bridgehead atoms. The molecule has 3 heteroatoms. The van der Waals surface area contributed by atoms with Crippen LogP contribution in [0.3, 0.4) is 0 Å². The lowest BCUT2D eigenvalue weighted by Crippen LogP contribution is -2.11. The first-order valence-corrected chi connectivity index (χ1v) is 10.7. The maximum atomic E-state index is 11.3. The number of carbonyl (C=O) groups is 1. The first-order chi connectivity index (χ1) is 12.8. The topological polar surface area (TPSA) is 38.3 Å². The van der Waals surface area contributed by atoms with Crippen LogP contribution in [0.2, 0.25) is 0 Å². The van der Waals surface area contributed by atoms with Crippen LogP contribution in [0.4, 0.5) is 5.69 Å². The van der Waals surface area contributed by atoms with E-state index in [2.05, 4.69) is 36.5 Å². The van der Waals surface area contributed by atoms with E-state index < -0.39 is 0 Å². The Morgan fingerprint density at radius 3 is 2.00 bits per heavy atom. The molecule has 0 aliphatic heterocycles. The third-order valence-electron chi connectivity index (χ3n) is 4.74. The molecule has 3 nitrogen and oxygen atoms in total. The summed E-state index contributed by atoms with van der Waals surface area (Å²) in [5, 5.41) is 3.27. The lowest BCUT2D eigenvalue weighted by atomic mass is 10.0. The second-order valence-electron chi connectivity index (χ2n) is 7.11. The molecule has 0 aliphatic rings. The highest BCUT2D eigenvalue weighted by atomic mass is 16.5. The largest absolute Gasteiger partial charge is 0.466 e. The molecule has 0 radical (unpaired) electrons. The predicted octanol–water partition coefficient (Wildman–Crippen LogP) is 6.52. The molecule has 0 unspecified atom stereocenters. The molecule has 1 aromatic carbocycles. The Labute approximate surface area is 160 Å². The summed E-state index contributed by atoms with van der Waals surface area (Å²) in [4.78, 5) is 11.3. The average molecular weight is 362 g/mol. The number of nitrogens with one attached hydrogen (secondary N) is 1. The highest BCUT2D eigenvalue weighted by Gasteiger charge is 2.01. The number of carbonyl (C=O) groups excluding carboxylic acids is 1. The molecule has 26 heavy (non-hydrogen) atoms. The van der Waals surface area contributed by atoms with E-state index in [-0.39, 0.29) is 5.97 Å². The fourth-order valence-electron chi connectivity index (χ4n) is 3.15. The molecule has 0 atom stereocenters. The van der Waals surface area contributed by atoms with Crippen molar-refractivity contribution in [1.29, 1.82) is 0 Å². The molecule has 0 fully saturated rings. The summed E-state index contributed by atoms with van der Waals surface area (Å²) >= 11 is 0. The lowest BCUT2D eigenvalue weighted by molar-refractivity contribution is -0.142. The molecule has 0 amide bonds. The molecule has 1 N–H and O–H groups in total. The number of hydrogen-bond acceptors (Lipinski definition) is 3. The van der Waals surface area contributed by atoms with Crippen molar-refractivity contribution in [2.24, 2.45) is 0 Å². The Hall–Kier alpha value is -1.51. The summed E-state index contributed by atoms with van der Waals surface area (Å²) in [5.74, 6) is -0.141. The highest BCUT2D eigenvalue weighted by Crippen LogP contribution is 2.14. The molecule has 0 aromatic heterocycles. The van der Waals surface area contributed by atoms with E-state index in [0.717, 1.165) is 5.69 Å². The summed E-state index contributed by atoms with van der Waals surface area (Å²) in [7, 11) is 0. The Balaban J connectivity index is 2.02. The summed E-state index contributed by atoms with van der Waals surface area (Å²) in [5.41, 5.74) is 2.47. The van der Waals surface area contributed by atoms with Gasteiger partial charge in [-0.1, -0.05) is 76.8 Å². The van der Waals surface area contributed by atoms with Gasteiger partial charge in [0.1, 0.15) is 0 Å². The first kappa shape index (κ1) is 22.5. The van der Waals surface area contributed by atoms with E-state index in [0.29, 0.717) is 19.6 Å². The van der Waals surface area contributed by atoms with Crippen LogP contribution in [0.25, 0.3) is 0 Å². The van der Waals surface area contributed by atoms with Crippen molar-refractivity contribution in [3.05, 3.63) is 29.8 Å². The predicted molar refractivity (Wildman–Crippen MR) is 112 cm³/mol. The quantitative estimate of drug-likeness (QED) is 0.269. The Morgan fingerprint density at radius 2 is 1.42 bits per heavy atom. The molecule has 0 heterocycles. The highest BCUT2D eigenvalue weighted by molar-refractivity contribution is 5.70. The van der Waals surface area contributed by atoms with Gasteiger partial charge in [-0.15, -0.1) is 0 Å². The zero-order valence-electron chi connectivity index (χ0n) is 17.0. The minimum atomic E-state index is -0.141. The van der Waals surface area contributed by atoms with Crippen LogP contribution in [0.1, 0.15) is 90.0 Å². The van der Waals surface area contributed by atoms with Gasteiger partial charge in [0.05, 0.1) is 13.0 Å². The summed E-state index contributed by atoms with van der Waals surface area (Å²) < 4.78 is 4.92. The average Bonchev–Trinajstić information content (AvgIpc) is 2.65. The van der Waals surface area contributed by atoms with E-state index in [4.69, 9.17) is 4.74 Å². The lowest BCUT2D eigenvalue weighted by Gasteiger charge is -2.07. The van der Waals surface area contributed by atoms with Crippen LogP contribution < -0.4 is 5.32 Å². The fourth-order valence-corrected chi connectivity index (χ4v) is 3.15. The molecular formula is C23H39NO2. The van der Waals surface area contributed by atoms with Gasteiger partial charge < -0.3 is 10.1 Å². The Bertz CT molecular complexity index is 456. The maximum Gasteiger partial charge on any atom is 0.307 e. The molecule has 0 aliphatic carbocycles. The number of aryl methyl sites for hydroxylation is 1.